The Morgan fingerprint density at radius 3 is 2.44 bits per heavy atom. The minimum absolute atomic E-state index is 0.0412. The van der Waals surface area contributed by atoms with Crippen LogP contribution in [0.2, 0.25) is 10.0 Å². The molecule has 23 heteroatoms. The van der Waals surface area contributed by atoms with Crippen LogP contribution in [0, 0.1) is 5.82 Å². The number of benzene rings is 2. The number of nitrogens with two attached hydrogens (primary N) is 1. The largest absolute Gasteiger partial charge is 0.480 e. The number of hydrogen-bond donors (Lipinski definition) is 3. The highest BCUT2D eigenvalue weighted by atomic mass is 35.5. The molecule has 3 heterocycles. The lowest BCUT2D eigenvalue weighted by atomic mass is 10.0. The van der Waals surface area contributed by atoms with Gasteiger partial charge in [-0.3, -0.25) is 28.4 Å². The summed E-state index contributed by atoms with van der Waals surface area (Å²) in [5.74, 6) is -1.73. The number of carboxylic acids is 1. The summed E-state index contributed by atoms with van der Waals surface area (Å²) in [6.07, 6.45) is 6.19. The number of ketones is 1. The first-order chi connectivity index (χ1) is 26.7. The van der Waals surface area contributed by atoms with Gasteiger partial charge in [0.15, 0.2) is 28.7 Å². The SMILES string of the molecule is COC(=O)CSc1cc(/N=c2\sc(=O)n3n2CCCC3)c(F)cc1Cl.CP(=O)(O)CCC(N)C(=O)O.CS(=O)(=O)c1cc(Cl)ccc1C(=O)c1cnoc1C1CC1. The van der Waals surface area contributed by atoms with Crippen molar-refractivity contribution in [3.63, 3.8) is 0 Å². The first kappa shape index (κ1) is 46.1. The van der Waals surface area contributed by atoms with Crippen molar-refractivity contribution in [3.8, 4) is 0 Å². The van der Waals surface area contributed by atoms with E-state index in [0.717, 1.165) is 61.1 Å². The number of nitrogens with zero attached hydrogens (tertiary/aromatic N) is 4. The Balaban J connectivity index is 0.000000204. The Morgan fingerprint density at radius 1 is 1.18 bits per heavy atom. The second-order valence-electron chi connectivity index (χ2n) is 12.9. The molecule has 2 aromatic carbocycles. The standard InChI is InChI=1S/C15H15ClFN3O3S2.C14H12ClNO4S.C5H12NO4P/c1-23-13(21)8-24-12-7-11(10(17)6-9(12)16)18-14-19-4-2-3-5-20(19)15(22)25-14;1-21(18,19)12-6-9(15)4-5-10(12)13(17)11-7-16-20-14(11)8-2-3-8;1-11(9,10)3-2-4(6)5(7)8/h6-7H,2-5,8H2,1H3;4-8H,2-3H2,1H3;4H,2-3,6H2,1H3,(H,7,8)(H,9,10)/b18-14-;;. The summed E-state index contributed by atoms with van der Waals surface area (Å²) >= 11 is 14.0. The number of sulfone groups is 1. The monoisotopic (exact) mass is 909 g/mol. The van der Waals surface area contributed by atoms with Crippen LogP contribution in [-0.4, -0.2) is 88.6 Å². The van der Waals surface area contributed by atoms with Gasteiger partial charge in [0.05, 0.1) is 34.5 Å². The van der Waals surface area contributed by atoms with Gasteiger partial charge in [-0.25, -0.2) is 22.5 Å². The van der Waals surface area contributed by atoms with Crippen LogP contribution in [0.3, 0.4) is 0 Å². The Bertz CT molecular complexity index is 2420. The number of aliphatic carboxylic acids is 1. The quantitative estimate of drug-likeness (QED) is 0.0705. The zero-order chi connectivity index (χ0) is 42.2. The molecule has 4 aromatic rings. The Kier molecular flexibility index (Phi) is 16.1. The van der Waals surface area contributed by atoms with E-state index in [0.29, 0.717) is 34.1 Å². The molecule has 2 aliphatic rings. The minimum atomic E-state index is -3.57. The molecular weight excluding hydrogens is 871 g/mol. The highest BCUT2D eigenvalue weighted by Crippen LogP contribution is 2.42. The van der Waals surface area contributed by atoms with Gasteiger partial charge in [0.2, 0.25) is 4.80 Å². The van der Waals surface area contributed by atoms with Crippen molar-refractivity contribution < 1.29 is 51.0 Å². The number of rotatable bonds is 12. The van der Waals surface area contributed by atoms with Crippen LogP contribution in [0.15, 0.2) is 60.6 Å². The number of carbonyl (C=O) groups excluding carboxylic acids is 2. The maximum Gasteiger partial charge on any atom is 0.325 e. The van der Waals surface area contributed by atoms with Gasteiger partial charge in [-0.15, -0.1) is 11.8 Å². The number of carboxylic acid groups (broad SMARTS) is 1. The van der Waals surface area contributed by atoms with Crippen molar-refractivity contribution in [2.45, 2.75) is 66.9 Å². The maximum absolute atomic E-state index is 14.3. The minimum Gasteiger partial charge on any atom is -0.480 e. The molecule has 57 heavy (non-hydrogen) atoms. The van der Waals surface area contributed by atoms with E-state index >= 15 is 0 Å². The molecule has 4 N–H and O–H groups in total. The number of fused-ring (bicyclic) bond motifs is 1. The summed E-state index contributed by atoms with van der Waals surface area (Å²) in [5, 5.41) is 12.4. The van der Waals surface area contributed by atoms with Gasteiger partial charge in [-0.05, 0) is 73.8 Å². The van der Waals surface area contributed by atoms with Crippen molar-refractivity contribution in [3.05, 3.63) is 83.7 Å². The number of aromatic nitrogens is 3. The number of thioether (sulfide) groups is 1. The second-order valence-corrected chi connectivity index (χ2v) is 20.3. The summed E-state index contributed by atoms with van der Waals surface area (Å²) in [5.41, 5.74) is 5.59. The molecule has 1 aliphatic carbocycles. The molecule has 16 nitrogen and oxygen atoms in total. The van der Waals surface area contributed by atoms with E-state index in [1.807, 2.05) is 0 Å². The van der Waals surface area contributed by atoms with Crippen molar-refractivity contribution in [1.29, 1.82) is 0 Å². The summed E-state index contributed by atoms with van der Waals surface area (Å²) in [6.45, 7) is 2.51. The highest BCUT2D eigenvalue weighted by molar-refractivity contribution is 8.00. The van der Waals surface area contributed by atoms with E-state index in [9.17, 15) is 36.6 Å². The van der Waals surface area contributed by atoms with Crippen LogP contribution < -0.4 is 15.4 Å². The van der Waals surface area contributed by atoms with Crippen molar-refractivity contribution in [2.75, 3.05) is 31.9 Å². The van der Waals surface area contributed by atoms with Crippen LogP contribution >= 0.6 is 53.7 Å². The molecule has 6 rings (SSSR count). The summed E-state index contributed by atoms with van der Waals surface area (Å²) in [7, 11) is -5.37. The molecule has 310 valence electrons. The molecule has 0 spiro atoms. The van der Waals surface area contributed by atoms with Gasteiger partial charge in [-0.2, -0.15) is 0 Å². The molecule has 1 fully saturated rings. The van der Waals surface area contributed by atoms with E-state index in [1.54, 1.807) is 9.36 Å². The molecular formula is C34H39Cl2FN5O11PS3. The van der Waals surface area contributed by atoms with Crippen LogP contribution in [0.4, 0.5) is 10.1 Å². The topological polar surface area (TPSA) is 243 Å². The first-order valence-electron chi connectivity index (χ1n) is 17.0. The van der Waals surface area contributed by atoms with E-state index in [2.05, 4.69) is 14.9 Å². The Labute approximate surface area is 344 Å². The average molecular weight is 911 g/mol. The van der Waals surface area contributed by atoms with Crippen LogP contribution in [-0.2, 0) is 41.8 Å². The predicted molar refractivity (Wildman–Crippen MR) is 212 cm³/mol. The molecule has 1 aliphatic heterocycles. The number of esters is 1. The van der Waals surface area contributed by atoms with Gasteiger partial charge >= 0.3 is 16.8 Å². The van der Waals surface area contributed by atoms with Crippen LogP contribution in [0.1, 0.15) is 59.7 Å². The first-order valence-corrected chi connectivity index (χ1v) is 23.7. The summed E-state index contributed by atoms with van der Waals surface area (Å²) < 4.78 is 61.8. The van der Waals surface area contributed by atoms with Gasteiger partial charge in [-0.1, -0.05) is 28.4 Å². The van der Waals surface area contributed by atoms with Gasteiger partial charge in [0, 0.05) is 53.6 Å². The van der Waals surface area contributed by atoms with Crippen molar-refractivity contribution in [2.24, 2.45) is 10.7 Å². The molecule has 0 saturated heterocycles. The number of halogens is 3. The van der Waals surface area contributed by atoms with Crippen LogP contribution in [0.5, 0.6) is 0 Å². The number of ether oxygens (including phenoxy) is 1. The highest BCUT2D eigenvalue weighted by Gasteiger charge is 2.34. The fourth-order valence-corrected chi connectivity index (χ4v) is 9.01. The van der Waals surface area contributed by atoms with E-state index in [4.69, 9.17) is 43.5 Å². The van der Waals surface area contributed by atoms with Crippen LogP contribution in [0.25, 0.3) is 0 Å². The lowest BCUT2D eigenvalue weighted by Crippen LogP contribution is -2.31. The van der Waals surface area contributed by atoms with Crippen molar-refractivity contribution in [1.82, 2.24) is 14.5 Å². The molecule has 1 saturated carbocycles. The lowest BCUT2D eigenvalue weighted by Gasteiger charge is -2.15. The fraction of sp³-hybridized carbons (Fsp3) is 0.412. The van der Waals surface area contributed by atoms with Gasteiger partial charge in [0.25, 0.3) is 0 Å². The zero-order valence-electron chi connectivity index (χ0n) is 30.7. The van der Waals surface area contributed by atoms with E-state index < -0.39 is 46.8 Å². The third kappa shape index (κ3) is 13.2. The molecule has 2 atom stereocenters. The van der Waals surface area contributed by atoms with E-state index in [-0.39, 0.29) is 55.3 Å². The maximum atomic E-state index is 14.3. The second kappa shape index (κ2) is 19.9. The van der Waals surface area contributed by atoms with Gasteiger partial charge in [0.1, 0.15) is 17.5 Å². The van der Waals surface area contributed by atoms with E-state index in [1.165, 1.54) is 44.2 Å². The normalized spacial score (nSPS) is 15.5. The predicted octanol–water partition coefficient (Wildman–Crippen LogP) is 5.32. The van der Waals surface area contributed by atoms with Gasteiger partial charge < -0.3 is 25.0 Å². The molecule has 0 amide bonds. The molecule has 2 aromatic heterocycles. The zero-order valence-corrected chi connectivity index (χ0v) is 35.6. The average Bonchev–Trinajstić information content (AvgIpc) is 3.79. The Hall–Kier alpha value is -3.62. The molecule has 2 unspecified atom stereocenters. The lowest BCUT2D eigenvalue weighted by molar-refractivity contribution is -0.139. The van der Waals surface area contributed by atoms with Crippen molar-refractivity contribution >= 4 is 86.9 Å². The Morgan fingerprint density at radius 2 is 1.84 bits per heavy atom. The fourth-order valence-electron chi connectivity index (χ4n) is 5.13. The number of methoxy groups -OCH3 is 1. The number of hydrogen-bond acceptors (Lipinski definition) is 14. The third-order valence-corrected chi connectivity index (χ3v) is 13.0. The third-order valence-electron chi connectivity index (χ3n) is 8.23. The molecule has 0 bridgehead atoms. The summed E-state index contributed by atoms with van der Waals surface area (Å²) in [6, 6.07) is 5.81. The smallest absolute Gasteiger partial charge is 0.325 e. The summed E-state index contributed by atoms with van der Waals surface area (Å²) in [4.78, 5) is 59.9. The number of carbonyl (C=O) groups is 3. The molecule has 0 radical (unpaired) electrons.